The van der Waals surface area contributed by atoms with Crippen LogP contribution in [0.4, 0.5) is 20.5 Å². The smallest absolute Gasteiger partial charge is 0.224 e. The monoisotopic (exact) mass is 457 g/mol. The topological polar surface area (TPSA) is 148 Å². The quantitative estimate of drug-likeness (QED) is 0.543. The predicted molar refractivity (Wildman–Crippen MR) is 108 cm³/mol. The third kappa shape index (κ3) is 4.66. The SMILES string of the molecule is COc1cc(O)c(F)c(F)c1C(=O)c1cnc(NC2CCN(S(C)(=O)=O)CC2)nc1N. The first-order valence-electron chi connectivity index (χ1n) is 9.16. The highest BCUT2D eigenvalue weighted by atomic mass is 32.2. The highest BCUT2D eigenvalue weighted by molar-refractivity contribution is 7.88. The first kappa shape index (κ1) is 22.6. The molecule has 31 heavy (non-hydrogen) atoms. The minimum atomic E-state index is -3.25. The van der Waals surface area contributed by atoms with Gasteiger partial charge in [0.05, 0.1) is 18.9 Å². The van der Waals surface area contributed by atoms with E-state index in [9.17, 15) is 27.1 Å². The molecule has 1 aliphatic rings. The third-order valence-electron chi connectivity index (χ3n) is 4.92. The summed E-state index contributed by atoms with van der Waals surface area (Å²) in [7, 11) is -2.12. The number of sulfonamides is 1. The van der Waals surface area contributed by atoms with Crippen LogP contribution in [0, 0.1) is 11.6 Å². The second-order valence-corrected chi connectivity index (χ2v) is 8.99. The molecule has 1 aromatic heterocycles. The van der Waals surface area contributed by atoms with Crippen molar-refractivity contribution in [1.82, 2.24) is 14.3 Å². The number of hydrogen-bond donors (Lipinski definition) is 3. The fourth-order valence-corrected chi connectivity index (χ4v) is 4.13. The number of piperidine rings is 1. The largest absolute Gasteiger partial charge is 0.505 e. The summed E-state index contributed by atoms with van der Waals surface area (Å²) in [6, 6.07) is 0.671. The summed E-state index contributed by atoms with van der Waals surface area (Å²) < 4.78 is 57.5. The maximum atomic E-state index is 14.3. The number of ketones is 1. The molecule has 168 valence electrons. The van der Waals surface area contributed by atoms with Crippen molar-refractivity contribution < 1.29 is 31.8 Å². The minimum Gasteiger partial charge on any atom is -0.505 e. The van der Waals surface area contributed by atoms with Crippen LogP contribution in [0.2, 0.25) is 0 Å². The highest BCUT2D eigenvalue weighted by Gasteiger charge is 2.28. The molecule has 0 unspecified atom stereocenters. The predicted octanol–water partition coefficient (Wildman–Crippen LogP) is 1.12. The van der Waals surface area contributed by atoms with Gasteiger partial charge in [0.2, 0.25) is 27.6 Å². The van der Waals surface area contributed by atoms with Gasteiger partial charge in [-0.2, -0.15) is 9.37 Å². The number of nitrogens with one attached hydrogen (secondary N) is 1. The zero-order chi connectivity index (χ0) is 22.9. The van der Waals surface area contributed by atoms with E-state index >= 15 is 0 Å². The molecule has 0 radical (unpaired) electrons. The molecule has 4 N–H and O–H groups in total. The van der Waals surface area contributed by atoms with Crippen molar-refractivity contribution in [2.24, 2.45) is 0 Å². The number of anilines is 2. The maximum absolute atomic E-state index is 14.3. The number of aromatic nitrogens is 2. The van der Waals surface area contributed by atoms with Crippen LogP contribution < -0.4 is 15.8 Å². The Labute approximate surface area is 177 Å². The lowest BCUT2D eigenvalue weighted by atomic mass is 10.0. The summed E-state index contributed by atoms with van der Waals surface area (Å²) in [6.45, 7) is 0.683. The molecule has 0 amide bonds. The number of aromatic hydroxyl groups is 1. The number of carbonyl (C=O) groups excluding carboxylic acids is 1. The van der Waals surface area contributed by atoms with Gasteiger partial charge in [0.1, 0.15) is 17.1 Å². The van der Waals surface area contributed by atoms with E-state index in [-0.39, 0.29) is 29.1 Å². The van der Waals surface area contributed by atoms with Crippen molar-refractivity contribution in [1.29, 1.82) is 0 Å². The molecule has 0 aliphatic carbocycles. The van der Waals surface area contributed by atoms with Crippen LogP contribution in [0.1, 0.15) is 28.8 Å². The first-order chi connectivity index (χ1) is 14.5. The Balaban J connectivity index is 1.79. The fourth-order valence-electron chi connectivity index (χ4n) is 3.25. The average Bonchev–Trinajstić information content (AvgIpc) is 2.71. The Morgan fingerprint density at radius 1 is 1.32 bits per heavy atom. The molecule has 2 aromatic rings. The molecule has 1 aliphatic heterocycles. The molecule has 0 bridgehead atoms. The molecular weight excluding hydrogens is 436 g/mol. The Morgan fingerprint density at radius 2 is 1.97 bits per heavy atom. The van der Waals surface area contributed by atoms with Crippen molar-refractivity contribution in [2.75, 3.05) is 37.5 Å². The number of phenolic OH excluding ortho intramolecular Hbond substituents is 1. The average molecular weight is 457 g/mol. The van der Waals surface area contributed by atoms with E-state index in [1.54, 1.807) is 0 Å². The summed E-state index contributed by atoms with van der Waals surface area (Å²) >= 11 is 0. The number of rotatable bonds is 6. The van der Waals surface area contributed by atoms with Crippen LogP contribution in [0.3, 0.4) is 0 Å². The molecule has 2 heterocycles. The number of nitrogens with two attached hydrogens (primary N) is 1. The van der Waals surface area contributed by atoms with Gasteiger partial charge in [0, 0.05) is 31.4 Å². The van der Waals surface area contributed by atoms with Gasteiger partial charge >= 0.3 is 0 Å². The molecule has 13 heteroatoms. The summed E-state index contributed by atoms with van der Waals surface area (Å²) in [6.07, 6.45) is 3.26. The van der Waals surface area contributed by atoms with E-state index < -0.39 is 38.8 Å². The molecule has 0 spiro atoms. The van der Waals surface area contributed by atoms with Crippen LogP contribution in [0.25, 0.3) is 0 Å². The van der Waals surface area contributed by atoms with Crippen molar-refractivity contribution in [3.05, 3.63) is 35.0 Å². The molecule has 1 aromatic carbocycles. The van der Waals surface area contributed by atoms with E-state index in [1.807, 2.05) is 0 Å². The van der Waals surface area contributed by atoms with E-state index in [0.29, 0.717) is 25.9 Å². The summed E-state index contributed by atoms with van der Waals surface area (Å²) in [5.41, 5.74) is 4.82. The Kier molecular flexibility index (Phi) is 6.27. The van der Waals surface area contributed by atoms with Crippen LogP contribution in [-0.2, 0) is 10.0 Å². The molecule has 0 atom stereocenters. The fraction of sp³-hybridized carbons (Fsp3) is 0.389. The van der Waals surface area contributed by atoms with Gasteiger partial charge in [-0.25, -0.2) is 22.1 Å². The number of phenols is 1. The van der Waals surface area contributed by atoms with Gasteiger partial charge in [-0.05, 0) is 12.8 Å². The van der Waals surface area contributed by atoms with Gasteiger partial charge in [-0.3, -0.25) is 4.79 Å². The number of nitrogens with zero attached hydrogens (tertiary/aromatic N) is 3. The Hall–Kier alpha value is -3.06. The van der Waals surface area contributed by atoms with Gasteiger partial charge in [-0.1, -0.05) is 0 Å². The van der Waals surface area contributed by atoms with E-state index in [2.05, 4.69) is 15.3 Å². The zero-order valence-electron chi connectivity index (χ0n) is 16.7. The molecule has 3 rings (SSSR count). The minimum absolute atomic E-state index is 0.108. The number of ether oxygens (including phenoxy) is 1. The number of methoxy groups -OCH3 is 1. The van der Waals surface area contributed by atoms with Crippen molar-refractivity contribution >= 4 is 27.6 Å². The third-order valence-corrected chi connectivity index (χ3v) is 6.22. The number of nitrogen functional groups attached to an aromatic ring is 1. The standard InChI is InChI=1S/C18H21F2N5O5S/c1-30-12-7-11(26)14(19)15(20)13(12)16(27)10-8-22-18(24-17(10)21)23-9-3-5-25(6-4-9)31(2,28)29/h7-9,26H,3-6H2,1-2H3,(H3,21,22,23,24). The van der Waals surface area contributed by atoms with Gasteiger partial charge in [0.15, 0.2) is 11.6 Å². The van der Waals surface area contributed by atoms with Gasteiger partial charge < -0.3 is 20.9 Å². The number of carbonyl (C=O) groups is 1. The zero-order valence-corrected chi connectivity index (χ0v) is 17.5. The maximum Gasteiger partial charge on any atom is 0.224 e. The van der Waals surface area contributed by atoms with Crippen molar-refractivity contribution in [3.63, 3.8) is 0 Å². The van der Waals surface area contributed by atoms with Crippen LogP contribution in [-0.4, -0.2) is 66.1 Å². The van der Waals surface area contributed by atoms with E-state index in [4.69, 9.17) is 10.5 Å². The van der Waals surface area contributed by atoms with E-state index in [1.165, 1.54) is 4.31 Å². The Bertz CT molecular complexity index is 1120. The molecule has 1 fully saturated rings. The summed E-state index contributed by atoms with van der Waals surface area (Å²) in [5.74, 6) is -5.73. The normalized spacial score (nSPS) is 15.6. The molecular formula is C18H21F2N5O5S. The van der Waals surface area contributed by atoms with Crippen LogP contribution in [0.5, 0.6) is 11.5 Å². The van der Waals surface area contributed by atoms with Gasteiger partial charge in [-0.15, -0.1) is 0 Å². The van der Waals surface area contributed by atoms with Crippen LogP contribution in [0.15, 0.2) is 12.3 Å². The van der Waals surface area contributed by atoms with Crippen LogP contribution >= 0.6 is 0 Å². The number of benzene rings is 1. The summed E-state index contributed by atoms with van der Waals surface area (Å²) in [5, 5.41) is 12.4. The lowest BCUT2D eigenvalue weighted by Gasteiger charge is -2.30. The van der Waals surface area contributed by atoms with E-state index in [0.717, 1.165) is 25.6 Å². The number of halogens is 2. The second-order valence-electron chi connectivity index (χ2n) is 7.00. The molecule has 1 saturated heterocycles. The lowest BCUT2D eigenvalue weighted by Crippen LogP contribution is -2.42. The second kappa shape index (κ2) is 8.59. The molecule has 0 saturated carbocycles. The van der Waals surface area contributed by atoms with Gasteiger partial charge in [0.25, 0.3) is 0 Å². The Morgan fingerprint density at radius 3 is 2.52 bits per heavy atom. The molecule has 10 nitrogen and oxygen atoms in total. The first-order valence-corrected chi connectivity index (χ1v) is 11.0. The number of hydrogen-bond acceptors (Lipinski definition) is 9. The summed E-state index contributed by atoms with van der Waals surface area (Å²) in [4.78, 5) is 20.8. The van der Waals surface area contributed by atoms with Crippen molar-refractivity contribution in [2.45, 2.75) is 18.9 Å². The van der Waals surface area contributed by atoms with Crippen molar-refractivity contribution in [3.8, 4) is 11.5 Å². The lowest BCUT2D eigenvalue weighted by molar-refractivity contribution is 0.103. The highest BCUT2D eigenvalue weighted by Crippen LogP contribution is 2.33.